The van der Waals surface area contributed by atoms with Gasteiger partial charge in [0.15, 0.2) is 0 Å². The molecule has 0 saturated carbocycles. The van der Waals surface area contributed by atoms with Gasteiger partial charge in [0, 0.05) is 54.1 Å². The number of H-pyrrole nitrogens is 1. The lowest BCUT2D eigenvalue weighted by Crippen LogP contribution is -2.50. The topological polar surface area (TPSA) is 56.4 Å². The number of aromatic amines is 1. The van der Waals surface area contributed by atoms with Crippen LogP contribution in [-0.2, 0) is 11.2 Å². The van der Waals surface area contributed by atoms with Gasteiger partial charge in [-0.1, -0.05) is 30.3 Å². The molecule has 1 saturated heterocycles. The molecule has 2 amide bonds. The Kier molecular flexibility index (Phi) is 6.20. The van der Waals surface area contributed by atoms with E-state index in [1.807, 2.05) is 59.2 Å². The molecule has 0 unspecified atom stereocenters. The Morgan fingerprint density at radius 2 is 1.71 bits per heavy atom. The lowest BCUT2D eigenvalue weighted by atomic mass is 10.0. The Morgan fingerprint density at radius 3 is 2.41 bits per heavy atom. The zero-order valence-electron chi connectivity index (χ0n) is 19.0. The van der Waals surface area contributed by atoms with Crippen molar-refractivity contribution in [3.8, 4) is 11.3 Å². The Morgan fingerprint density at radius 1 is 0.971 bits per heavy atom. The number of fused-ring (bicyclic) bond motifs is 1. The molecular formula is C27H26FN3O2S. The molecule has 2 aromatic heterocycles. The van der Waals surface area contributed by atoms with E-state index in [1.54, 1.807) is 6.07 Å². The van der Waals surface area contributed by atoms with E-state index in [-0.39, 0.29) is 17.6 Å². The van der Waals surface area contributed by atoms with Gasteiger partial charge in [-0.15, -0.1) is 11.3 Å². The molecular weight excluding hydrogens is 449 g/mol. The van der Waals surface area contributed by atoms with E-state index < -0.39 is 0 Å². The Bertz CT molecular complexity index is 1340. The number of amides is 2. The van der Waals surface area contributed by atoms with Gasteiger partial charge < -0.3 is 14.8 Å². The fourth-order valence-corrected chi connectivity index (χ4v) is 5.42. The summed E-state index contributed by atoms with van der Waals surface area (Å²) in [4.78, 5) is 34.7. The summed E-state index contributed by atoms with van der Waals surface area (Å²) in [5.41, 5.74) is 3.75. The van der Waals surface area contributed by atoms with Crippen LogP contribution in [0.25, 0.3) is 22.2 Å². The van der Waals surface area contributed by atoms with Crippen molar-refractivity contribution in [3.05, 3.63) is 81.8 Å². The van der Waals surface area contributed by atoms with Gasteiger partial charge in [-0.2, -0.15) is 0 Å². The first-order chi connectivity index (χ1) is 16.5. The summed E-state index contributed by atoms with van der Waals surface area (Å²) in [6, 6.07) is 18.5. The Balaban J connectivity index is 1.27. The molecule has 5 rings (SSSR count). The molecule has 34 heavy (non-hydrogen) atoms. The van der Waals surface area contributed by atoms with E-state index in [0.717, 1.165) is 37.5 Å². The fraction of sp³-hybridized carbons (Fsp3) is 0.259. The van der Waals surface area contributed by atoms with Crippen LogP contribution in [-0.4, -0.2) is 52.8 Å². The number of aryl methyl sites for hydroxylation is 2. The van der Waals surface area contributed by atoms with Crippen LogP contribution in [0.2, 0.25) is 0 Å². The summed E-state index contributed by atoms with van der Waals surface area (Å²) in [7, 11) is 0. The third kappa shape index (κ3) is 4.48. The molecule has 1 fully saturated rings. The first-order valence-electron chi connectivity index (χ1n) is 11.5. The van der Waals surface area contributed by atoms with Gasteiger partial charge in [0.2, 0.25) is 5.91 Å². The maximum Gasteiger partial charge on any atom is 0.264 e. The van der Waals surface area contributed by atoms with Gasteiger partial charge in [-0.05, 0) is 54.8 Å². The quantitative estimate of drug-likeness (QED) is 0.428. The molecule has 1 aliphatic heterocycles. The minimum absolute atomic E-state index is 0.0403. The lowest BCUT2D eigenvalue weighted by Gasteiger charge is -2.34. The minimum Gasteiger partial charge on any atom is -0.354 e. The van der Waals surface area contributed by atoms with Gasteiger partial charge >= 0.3 is 0 Å². The molecule has 7 heteroatoms. The number of carbonyl (C=O) groups is 2. The number of piperazine rings is 1. The average Bonchev–Trinajstić information content (AvgIpc) is 3.46. The summed E-state index contributed by atoms with van der Waals surface area (Å²) in [5.74, 6) is -0.192. The van der Waals surface area contributed by atoms with Crippen LogP contribution in [0.5, 0.6) is 0 Å². The minimum atomic E-state index is -0.291. The number of hydrogen-bond donors (Lipinski definition) is 1. The third-order valence-corrected chi connectivity index (χ3v) is 7.38. The second-order valence-corrected chi connectivity index (χ2v) is 9.91. The molecule has 4 aromatic rings. The van der Waals surface area contributed by atoms with Crippen molar-refractivity contribution in [1.29, 1.82) is 0 Å². The standard InChI is InChI=1S/C27H26FN3O2S/c1-18-7-11-24(34-18)27(33)31-15-13-30(14-16-31)25(32)12-9-21-22-17-20(28)8-10-23(22)29-26(21)19-5-3-2-4-6-19/h2-8,10-11,17,29H,9,12-16H2,1H3. The molecule has 3 heterocycles. The van der Waals surface area contributed by atoms with E-state index in [9.17, 15) is 14.0 Å². The first-order valence-corrected chi connectivity index (χ1v) is 12.3. The van der Waals surface area contributed by atoms with Crippen molar-refractivity contribution in [3.63, 3.8) is 0 Å². The highest BCUT2D eigenvalue weighted by atomic mass is 32.1. The molecule has 1 aliphatic rings. The predicted octanol–water partition coefficient (Wildman–Crippen LogP) is 5.26. The van der Waals surface area contributed by atoms with Crippen molar-refractivity contribution in [2.75, 3.05) is 26.2 Å². The zero-order chi connectivity index (χ0) is 23.7. The molecule has 5 nitrogen and oxygen atoms in total. The number of aromatic nitrogens is 1. The van der Waals surface area contributed by atoms with Gasteiger partial charge in [0.25, 0.3) is 5.91 Å². The third-order valence-electron chi connectivity index (χ3n) is 6.39. The van der Waals surface area contributed by atoms with Crippen LogP contribution >= 0.6 is 11.3 Å². The molecule has 1 N–H and O–H groups in total. The number of halogens is 1. The highest BCUT2D eigenvalue weighted by molar-refractivity contribution is 7.13. The van der Waals surface area contributed by atoms with Crippen LogP contribution in [0.1, 0.15) is 26.5 Å². The Labute approximate surface area is 201 Å². The first kappa shape index (κ1) is 22.3. The number of nitrogens with one attached hydrogen (secondary N) is 1. The SMILES string of the molecule is Cc1ccc(C(=O)N2CCN(C(=O)CCc3c(-c4ccccc4)[nH]c4ccc(F)cc34)CC2)s1. The number of carbonyl (C=O) groups excluding carboxylic acids is 2. The Hall–Kier alpha value is -3.45. The van der Waals surface area contributed by atoms with E-state index in [2.05, 4.69) is 4.98 Å². The molecule has 0 aliphatic carbocycles. The van der Waals surface area contributed by atoms with Crippen LogP contribution in [0.15, 0.2) is 60.7 Å². The molecule has 0 spiro atoms. The van der Waals surface area contributed by atoms with Gasteiger partial charge in [-0.3, -0.25) is 9.59 Å². The smallest absolute Gasteiger partial charge is 0.264 e. The number of benzene rings is 2. The highest BCUT2D eigenvalue weighted by Crippen LogP contribution is 2.32. The second kappa shape index (κ2) is 9.43. The predicted molar refractivity (Wildman–Crippen MR) is 134 cm³/mol. The summed E-state index contributed by atoms with van der Waals surface area (Å²) in [6.45, 7) is 4.12. The van der Waals surface area contributed by atoms with E-state index >= 15 is 0 Å². The molecule has 0 radical (unpaired) electrons. The monoisotopic (exact) mass is 475 g/mol. The maximum absolute atomic E-state index is 14.0. The maximum atomic E-state index is 14.0. The lowest BCUT2D eigenvalue weighted by molar-refractivity contribution is -0.132. The summed E-state index contributed by atoms with van der Waals surface area (Å²) < 4.78 is 14.0. The van der Waals surface area contributed by atoms with Gasteiger partial charge in [0.05, 0.1) is 4.88 Å². The number of nitrogens with zero attached hydrogens (tertiary/aromatic N) is 2. The van der Waals surface area contributed by atoms with Crippen molar-refractivity contribution >= 4 is 34.1 Å². The van der Waals surface area contributed by atoms with Crippen molar-refractivity contribution in [1.82, 2.24) is 14.8 Å². The molecule has 2 aromatic carbocycles. The normalized spacial score (nSPS) is 14.1. The van der Waals surface area contributed by atoms with Crippen molar-refractivity contribution < 1.29 is 14.0 Å². The van der Waals surface area contributed by atoms with Crippen LogP contribution < -0.4 is 0 Å². The fourth-order valence-electron chi connectivity index (χ4n) is 4.59. The largest absolute Gasteiger partial charge is 0.354 e. The van der Waals surface area contributed by atoms with E-state index in [1.165, 1.54) is 23.5 Å². The van der Waals surface area contributed by atoms with Crippen molar-refractivity contribution in [2.24, 2.45) is 0 Å². The van der Waals surface area contributed by atoms with Gasteiger partial charge in [-0.25, -0.2) is 4.39 Å². The number of rotatable bonds is 5. The summed E-state index contributed by atoms with van der Waals surface area (Å²) in [6.07, 6.45) is 0.849. The van der Waals surface area contributed by atoms with Gasteiger partial charge in [0.1, 0.15) is 5.82 Å². The number of hydrogen-bond acceptors (Lipinski definition) is 3. The average molecular weight is 476 g/mol. The van der Waals surface area contributed by atoms with Crippen molar-refractivity contribution in [2.45, 2.75) is 19.8 Å². The van der Waals surface area contributed by atoms with Crippen LogP contribution in [0.3, 0.4) is 0 Å². The summed E-state index contributed by atoms with van der Waals surface area (Å²) in [5, 5.41) is 0.813. The van der Waals surface area contributed by atoms with Crippen LogP contribution in [0.4, 0.5) is 4.39 Å². The number of thiophene rings is 1. The van der Waals surface area contributed by atoms with Crippen LogP contribution in [0, 0.1) is 12.7 Å². The zero-order valence-corrected chi connectivity index (χ0v) is 19.8. The molecule has 0 bridgehead atoms. The van der Waals surface area contributed by atoms with E-state index in [4.69, 9.17) is 0 Å². The highest BCUT2D eigenvalue weighted by Gasteiger charge is 2.26. The summed E-state index contributed by atoms with van der Waals surface area (Å²) >= 11 is 1.50. The van der Waals surface area contributed by atoms with E-state index in [0.29, 0.717) is 39.0 Å². The molecule has 0 atom stereocenters. The molecule has 174 valence electrons. The second-order valence-electron chi connectivity index (χ2n) is 8.62.